The summed E-state index contributed by atoms with van der Waals surface area (Å²) >= 11 is 0. The predicted molar refractivity (Wildman–Crippen MR) is 187 cm³/mol. The lowest BCUT2D eigenvalue weighted by atomic mass is 9.93. The Morgan fingerprint density at radius 2 is 1.86 bits per heavy atom. The molecule has 2 saturated carbocycles. The molecule has 0 bridgehead atoms. The van der Waals surface area contributed by atoms with E-state index in [0.29, 0.717) is 43.0 Å². The molecule has 5 unspecified atom stereocenters. The van der Waals surface area contributed by atoms with Crippen LogP contribution in [0.4, 0.5) is 0 Å². The third kappa shape index (κ3) is 6.87. The van der Waals surface area contributed by atoms with Crippen molar-refractivity contribution in [2.24, 2.45) is 17.8 Å². The number of esters is 1. The minimum Gasteiger partial charge on any atom is -0.496 e. The second kappa shape index (κ2) is 14.2. The Bertz CT molecular complexity index is 1770. The number of amides is 2. The van der Waals surface area contributed by atoms with E-state index < -0.39 is 29.4 Å². The molecule has 5 atom stereocenters. The lowest BCUT2D eigenvalue weighted by Gasteiger charge is -2.26. The van der Waals surface area contributed by atoms with Gasteiger partial charge in [0, 0.05) is 42.2 Å². The molecule has 10 heteroatoms. The summed E-state index contributed by atoms with van der Waals surface area (Å²) in [6, 6.07) is 11.7. The van der Waals surface area contributed by atoms with E-state index in [9.17, 15) is 14.4 Å². The molecule has 10 nitrogen and oxygen atoms in total. The monoisotopic (exact) mass is 668 g/mol. The zero-order chi connectivity index (χ0) is 34.9. The standard InChI is InChI=1S/C39H48N4O6/c1-7-48-38(46)39-22-25(39)13-10-8-9-11-18-43(5)37(45)29-20-26(19-28(29)36(44)42-39)49-34-21-32(31-15-12-14-30(40-31)23(2)3)41-35-24(4)33(47-6)17-16-27(34)35/h10,12-17,21,23,25-26,28-29H,7-9,11,18-20,22H2,1-6H3,(H,42,44)/b13-10-. The third-order valence-electron chi connectivity index (χ3n) is 10.3. The number of nitrogens with zero attached hydrogens (tertiary/aromatic N) is 3. The number of aryl methyl sites for hydroxylation is 1. The number of nitrogens with one attached hydrogen (secondary N) is 1. The van der Waals surface area contributed by atoms with Crippen LogP contribution in [-0.2, 0) is 19.1 Å². The van der Waals surface area contributed by atoms with Crippen molar-refractivity contribution in [1.29, 1.82) is 0 Å². The van der Waals surface area contributed by atoms with Crippen molar-refractivity contribution in [2.45, 2.75) is 83.8 Å². The first-order valence-corrected chi connectivity index (χ1v) is 17.6. The summed E-state index contributed by atoms with van der Waals surface area (Å²) in [6.45, 7) is 8.78. The fourth-order valence-corrected chi connectivity index (χ4v) is 7.36. The summed E-state index contributed by atoms with van der Waals surface area (Å²) < 4.78 is 17.9. The molecule has 1 aliphatic heterocycles. The molecule has 6 rings (SSSR count). The summed E-state index contributed by atoms with van der Waals surface area (Å²) in [5.74, 6) is -0.639. The number of allylic oxidation sites excluding steroid dienone is 1. The van der Waals surface area contributed by atoms with Crippen LogP contribution in [0.25, 0.3) is 22.3 Å². The van der Waals surface area contributed by atoms with Crippen molar-refractivity contribution in [2.75, 3.05) is 27.3 Å². The molecule has 2 aromatic heterocycles. The molecule has 3 aromatic rings. The van der Waals surface area contributed by atoms with E-state index in [1.807, 2.05) is 49.4 Å². The van der Waals surface area contributed by atoms with Gasteiger partial charge in [-0.3, -0.25) is 14.6 Å². The Hall–Kier alpha value is -4.47. The molecule has 0 saturated heterocycles. The van der Waals surface area contributed by atoms with Crippen LogP contribution in [0.3, 0.4) is 0 Å². The first-order valence-electron chi connectivity index (χ1n) is 17.6. The number of benzene rings is 1. The fourth-order valence-electron chi connectivity index (χ4n) is 7.36. The van der Waals surface area contributed by atoms with Gasteiger partial charge in [-0.1, -0.05) is 32.1 Å². The quantitative estimate of drug-likeness (QED) is 0.235. The first-order chi connectivity index (χ1) is 23.6. The number of carbonyl (C=O) groups is 3. The van der Waals surface area contributed by atoms with E-state index in [-0.39, 0.29) is 30.3 Å². The van der Waals surface area contributed by atoms with Crippen LogP contribution in [0.5, 0.6) is 11.5 Å². The molecular formula is C39H48N4O6. The largest absolute Gasteiger partial charge is 0.496 e. The van der Waals surface area contributed by atoms with Crippen LogP contribution < -0.4 is 14.8 Å². The molecule has 1 N–H and O–H groups in total. The van der Waals surface area contributed by atoms with Crippen molar-refractivity contribution in [3.8, 4) is 22.9 Å². The van der Waals surface area contributed by atoms with E-state index in [2.05, 4.69) is 25.2 Å². The number of hydrogen-bond acceptors (Lipinski definition) is 8. The maximum atomic E-state index is 14.1. The number of carbonyl (C=O) groups excluding carboxylic acids is 3. The van der Waals surface area contributed by atoms with E-state index in [0.717, 1.165) is 47.1 Å². The zero-order valence-corrected chi connectivity index (χ0v) is 29.5. The smallest absolute Gasteiger partial charge is 0.332 e. The fraction of sp³-hybridized carbons (Fsp3) is 0.513. The van der Waals surface area contributed by atoms with Gasteiger partial charge in [-0.25, -0.2) is 9.78 Å². The number of fused-ring (bicyclic) bond motifs is 3. The predicted octanol–water partition coefficient (Wildman–Crippen LogP) is 6.15. The van der Waals surface area contributed by atoms with Gasteiger partial charge in [0.25, 0.3) is 0 Å². The van der Waals surface area contributed by atoms with Crippen molar-refractivity contribution in [3.63, 3.8) is 0 Å². The maximum absolute atomic E-state index is 14.1. The molecule has 2 fully saturated rings. The second-order valence-electron chi connectivity index (χ2n) is 14.0. The van der Waals surface area contributed by atoms with Gasteiger partial charge < -0.3 is 24.4 Å². The highest BCUT2D eigenvalue weighted by Crippen LogP contribution is 2.47. The van der Waals surface area contributed by atoms with Gasteiger partial charge in [0.05, 0.1) is 42.5 Å². The summed E-state index contributed by atoms with van der Waals surface area (Å²) in [4.78, 5) is 52.9. The topological polar surface area (TPSA) is 120 Å². The molecule has 0 radical (unpaired) electrons. The Balaban J connectivity index is 1.36. The van der Waals surface area contributed by atoms with Crippen molar-refractivity contribution >= 4 is 28.7 Å². The first kappa shape index (κ1) is 34.4. The van der Waals surface area contributed by atoms with Gasteiger partial charge in [-0.2, -0.15) is 0 Å². The average molecular weight is 669 g/mol. The van der Waals surface area contributed by atoms with E-state index in [4.69, 9.17) is 24.2 Å². The lowest BCUT2D eigenvalue weighted by molar-refractivity contribution is -0.150. The normalized spacial score (nSPS) is 26.4. The summed E-state index contributed by atoms with van der Waals surface area (Å²) in [7, 11) is 3.44. The Morgan fingerprint density at radius 3 is 2.61 bits per heavy atom. The molecule has 260 valence electrons. The number of methoxy groups -OCH3 is 1. The van der Waals surface area contributed by atoms with Crippen LogP contribution in [0, 0.1) is 24.7 Å². The SMILES string of the molecule is CCOC(=O)C12CC1/C=C\CCCCN(C)C(=O)C1CC(Oc3cc(-c4cccc(C(C)C)n4)nc4c(C)c(OC)ccc34)CC1C(=O)N2. The maximum Gasteiger partial charge on any atom is 0.332 e. The highest BCUT2D eigenvalue weighted by molar-refractivity contribution is 5.95. The third-order valence-corrected chi connectivity index (χ3v) is 10.3. The number of pyridine rings is 2. The Morgan fingerprint density at radius 1 is 1.06 bits per heavy atom. The van der Waals surface area contributed by atoms with E-state index in [1.165, 1.54) is 0 Å². The molecule has 1 aromatic carbocycles. The number of rotatable bonds is 7. The van der Waals surface area contributed by atoms with Crippen LogP contribution in [0.1, 0.15) is 76.5 Å². The second-order valence-corrected chi connectivity index (χ2v) is 14.0. The van der Waals surface area contributed by atoms with Crippen LogP contribution in [0.15, 0.2) is 48.6 Å². The Labute approximate surface area is 288 Å². The number of aromatic nitrogens is 2. The summed E-state index contributed by atoms with van der Waals surface area (Å²) in [5, 5.41) is 3.88. The van der Waals surface area contributed by atoms with Crippen LogP contribution in [-0.4, -0.2) is 71.6 Å². The van der Waals surface area contributed by atoms with Gasteiger partial charge >= 0.3 is 5.97 Å². The molecule has 2 aliphatic carbocycles. The summed E-state index contributed by atoms with van der Waals surface area (Å²) in [5.41, 5.74) is 2.86. The minimum absolute atomic E-state index is 0.0769. The molecule has 3 aliphatic rings. The number of ether oxygens (including phenoxy) is 3. The molecule has 3 heterocycles. The number of hydrogen-bond donors (Lipinski definition) is 1. The van der Waals surface area contributed by atoms with Crippen molar-refractivity contribution in [3.05, 3.63) is 59.8 Å². The average Bonchev–Trinajstić information content (AvgIpc) is 3.62. The molecule has 0 spiro atoms. The van der Waals surface area contributed by atoms with Crippen molar-refractivity contribution in [1.82, 2.24) is 20.2 Å². The van der Waals surface area contributed by atoms with Gasteiger partial charge in [-0.15, -0.1) is 0 Å². The van der Waals surface area contributed by atoms with Gasteiger partial charge in [0.2, 0.25) is 11.8 Å². The van der Waals surface area contributed by atoms with Crippen LogP contribution in [0.2, 0.25) is 0 Å². The Kier molecular flexibility index (Phi) is 9.95. The van der Waals surface area contributed by atoms with E-state index in [1.54, 1.807) is 26.0 Å². The van der Waals surface area contributed by atoms with E-state index >= 15 is 0 Å². The van der Waals surface area contributed by atoms with Crippen molar-refractivity contribution < 1.29 is 28.6 Å². The zero-order valence-electron chi connectivity index (χ0n) is 29.5. The molecule has 2 amide bonds. The molecule has 49 heavy (non-hydrogen) atoms. The minimum atomic E-state index is -1.10. The van der Waals surface area contributed by atoms with Crippen LogP contribution >= 0.6 is 0 Å². The van der Waals surface area contributed by atoms with Gasteiger partial charge in [-0.05, 0) is 82.6 Å². The molecular weight excluding hydrogens is 620 g/mol. The van der Waals surface area contributed by atoms with Gasteiger partial charge in [0.1, 0.15) is 23.1 Å². The highest BCUT2D eigenvalue weighted by Gasteiger charge is 2.62. The lowest BCUT2D eigenvalue weighted by Crippen LogP contribution is -2.50. The van der Waals surface area contributed by atoms with Gasteiger partial charge in [0.15, 0.2) is 0 Å². The highest BCUT2D eigenvalue weighted by atomic mass is 16.5. The summed E-state index contributed by atoms with van der Waals surface area (Å²) in [6.07, 6.45) is 7.48.